The van der Waals surface area contributed by atoms with E-state index in [4.69, 9.17) is 0 Å². The smallest absolute Gasteiger partial charge is 0.270 e. The Kier molecular flexibility index (Phi) is 7.64. The maximum absolute atomic E-state index is 12.9. The van der Waals surface area contributed by atoms with Gasteiger partial charge in [0.1, 0.15) is 0 Å². The maximum Gasteiger partial charge on any atom is 0.270 e. The molecule has 0 aliphatic heterocycles. The summed E-state index contributed by atoms with van der Waals surface area (Å²) < 4.78 is 25.8. The van der Waals surface area contributed by atoms with Crippen molar-refractivity contribution < 1.29 is 13.7 Å². The Labute approximate surface area is 123 Å². The molecule has 0 spiro atoms. The lowest BCUT2D eigenvalue weighted by Gasteiger charge is -2.11. The van der Waals surface area contributed by atoms with Crippen LogP contribution >= 0.6 is 0 Å². The third kappa shape index (κ3) is 6.06. The number of nitro benzene ring substituents is 1. The van der Waals surface area contributed by atoms with Crippen LogP contribution in [0.25, 0.3) is 0 Å². The predicted octanol–water partition coefficient (Wildman–Crippen LogP) is 5.30. The van der Waals surface area contributed by atoms with Crippen molar-refractivity contribution in [2.75, 3.05) is 11.9 Å². The molecule has 0 aliphatic rings. The number of hydrogen-bond acceptors (Lipinski definition) is 3. The quantitative estimate of drug-likeness (QED) is 0.362. The van der Waals surface area contributed by atoms with Crippen molar-refractivity contribution >= 4 is 11.4 Å². The van der Waals surface area contributed by atoms with Gasteiger partial charge in [0, 0.05) is 29.9 Å². The van der Waals surface area contributed by atoms with Gasteiger partial charge in [-0.25, -0.2) is 8.78 Å². The van der Waals surface area contributed by atoms with E-state index in [-0.39, 0.29) is 16.9 Å². The molecule has 0 unspecified atom stereocenters. The van der Waals surface area contributed by atoms with Gasteiger partial charge in [0.25, 0.3) is 12.1 Å². The van der Waals surface area contributed by atoms with Crippen molar-refractivity contribution in [2.45, 2.75) is 51.9 Å². The molecule has 0 radical (unpaired) electrons. The van der Waals surface area contributed by atoms with Gasteiger partial charge >= 0.3 is 0 Å². The fourth-order valence-electron chi connectivity index (χ4n) is 2.13. The van der Waals surface area contributed by atoms with E-state index < -0.39 is 11.3 Å². The average Bonchev–Trinajstić information content (AvgIpc) is 2.46. The van der Waals surface area contributed by atoms with E-state index >= 15 is 0 Å². The second-order valence-electron chi connectivity index (χ2n) is 5.02. The number of nitrogens with zero attached hydrogens (tertiary/aromatic N) is 1. The second kappa shape index (κ2) is 9.26. The zero-order valence-corrected chi connectivity index (χ0v) is 12.3. The van der Waals surface area contributed by atoms with Crippen molar-refractivity contribution in [1.29, 1.82) is 0 Å². The average molecular weight is 300 g/mol. The number of non-ortho nitro benzene ring substituents is 1. The summed E-state index contributed by atoms with van der Waals surface area (Å²) in [7, 11) is 0. The number of alkyl halides is 2. The number of rotatable bonds is 10. The minimum Gasteiger partial charge on any atom is -0.385 e. The lowest BCUT2D eigenvalue weighted by molar-refractivity contribution is -0.385. The van der Waals surface area contributed by atoms with Crippen molar-refractivity contribution in [3.8, 4) is 0 Å². The normalized spacial score (nSPS) is 10.9. The fraction of sp³-hybridized carbons (Fsp3) is 0.600. The maximum atomic E-state index is 12.9. The SMILES string of the molecule is CCCCCCCCNc1ccc([N+](=O)[O-])cc1C(F)F. The molecule has 0 amide bonds. The van der Waals surface area contributed by atoms with Crippen LogP contribution in [0.5, 0.6) is 0 Å². The fourth-order valence-corrected chi connectivity index (χ4v) is 2.13. The molecule has 0 bridgehead atoms. The van der Waals surface area contributed by atoms with Gasteiger partial charge in [0.05, 0.1) is 4.92 Å². The summed E-state index contributed by atoms with van der Waals surface area (Å²) in [5.41, 5.74) is -0.338. The number of hydrogen-bond donors (Lipinski definition) is 1. The molecule has 1 N–H and O–H groups in total. The van der Waals surface area contributed by atoms with Crippen LogP contribution in [-0.2, 0) is 0 Å². The minimum atomic E-state index is -2.73. The lowest BCUT2D eigenvalue weighted by atomic mass is 10.1. The van der Waals surface area contributed by atoms with Gasteiger partial charge in [-0.05, 0) is 12.5 Å². The van der Waals surface area contributed by atoms with Gasteiger partial charge in [0.2, 0.25) is 0 Å². The van der Waals surface area contributed by atoms with Crippen LogP contribution in [0.2, 0.25) is 0 Å². The summed E-state index contributed by atoms with van der Waals surface area (Å²) in [5, 5.41) is 13.6. The Morgan fingerprint density at radius 3 is 2.48 bits per heavy atom. The largest absolute Gasteiger partial charge is 0.385 e. The molecule has 118 valence electrons. The van der Waals surface area contributed by atoms with E-state index in [1.165, 1.54) is 31.4 Å². The highest BCUT2D eigenvalue weighted by Gasteiger charge is 2.17. The van der Waals surface area contributed by atoms with Crippen LogP contribution in [-0.4, -0.2) is 11.5 Å². The zero-order chi connectivity index (χ0) is 15.7. The van der Waals surface area contributed by atoms with Gasteiger partial charge in [-0.1, -0.05) is 39.0 Å². The third-order valence-corrected chi connectivity index (χ3v) is 3.33. The Balaban J connectivity index is 2.49. The predicted molar refractivity (Wildman–Crippen MR) is 79.9 cm³/mol. The van der Waals surface area contributed by atoms with Crippen LogP contribution in [0.3, 0.4) is 0 Å². The van der Waals surface area contributed by atoms with Crippen molar-refractivity contribution in [3.63, 3.8) is 0 Å². The Morgan fingerprint density at radius 1 is 1.19 bits per heavy atom. The van der Waals surface area contributed by atoms with Crippen molar-refractivity contribution in [3.05, 3.63) is 33.9 Å². The molecule has 0 heterocycles. The summed E-state index contributed by atoms with van der Waals surface area (Å²) in [6.45, 7) is 2.76. The number of nitrogens with one attached hydrogen (secondary N) is 1. The number of benzene rings is 1. The summed E-state index contributed by atoms with van der Waals surface area (Å²) in [5.74, 6) is 0. The molecule has 0 aromatic heterocycles. The molecule has 1 rings (SSSR count). The first-order valence-corrected chi connectivity index (χ1v) is 7.36. The van der Waals surface area contributed by atoms with Crippen molar-refractivity contribution in [2.24, 2.45) is 0 Å². The topological polar surface area (TPSA) is 55.2 Å². The molecule has 21 heavy (non-hydrogen) atoms. The van der Waals surface area contributed by atoms with Crippen LogP contribution in [0.4, 0.5) is 20.2 Å². The molecule has 4 nitrogen and oxygen atoms in total. The molecule has 0 atom stereocenters. The van der Waals surface area contributed by atoms with Crippen LogP contribution < -0.4 is 5.32 Å². The Morgan fingerprint density at radius 2 is 1.86 bits per heavy atom. The highest BCUT2D eigenvalue weighted by Crippen LogP contribution is 2.30. The number of nitro groups is 1. The van der Waals surface area contributed by atoms with E-state index in [0.29, 0.717) is 6.54 Å². The summed E-state index contributed by atoms with van der Waals surface area (Å²) in [4.78, 5) is 9.95. The number of halogens is 2. The van der Waals surface area contributed by atoms with Crippen LogP contribution in [0.15, 0.2) is 18.2 Å². The van der Waals surface area contributed by atoms with E-state index in [9.17, 15) is 18.9 Å². The van der Waals surface area contributed by atoms with E-state index in [1.807, 2.05) is 0 Å². The molecule has 0 aliphatic carbocycles. The molecule has 0 fully saturated rings. The Bertz CT molecular complexity index is 453. The van der Waals surface area contributed by atoms with E-state index in [0.717, 1.165) is 25.3 Å². The molecule has 0 saturated heterocycles. The highest BCUT2D eigenvalue weighted by molar-refractivity contribution is 5.56. The lowest BCUT2D eigenvalue weighted by Crippen LogP contribution is -2.05. The van der Waals surface area contributed by atoms with Gasteiger partial charge in [0.15, 0.2) is 0 Å². The van der Waals surface area contributed by atoms with Crippen LogP contribution in [0, 0.1) is 10.1 Å². The molecule has 1 aromatic carbocycles. The zero-order valence-electron chi connectivity index (χ0n) is 12.3. The second-order valence-corrected chi connectivity index (χ2v) is 5.02. The molecule has 6 heteroatoms. The van der Waals surface area contributed by atoms with Crippen LogP contribution in [0.1, 0.15) is 57.4 Å². The first kappa shape index (κ1) is 17.3. The molecule has 0 saturated carbocycles. The summed E-state index contributed by atoms with van der Waals surface area (Å²) in [6, 6.07) is 3.54. The molecular formula is C15H22F2N2O2. The molecular weight excluding hydrogens is 278 g/mol. The van der Waals surface area contributed by atoms with Gasteiger partial charge < -0.3 is 5.32 Å². The minimum absolute atomic E-state index is 0.282. The summed E-state index contributed by atoms with van der Waals surface area (Å²) in [6.07, 6.45) is 4.02. The molecule has 1 aromatic rings. The van der Waals surface area contributed by atoms with Gasteiger partial charge in [-0.15, -0.1) is 0 Å². The highest BCUT2D eigenvalue weighted by atomic mass is 19.3. The van der Waals surface area contributed by atoms with Gasteiger partial charge in [-0.2, -0.15) is 0 Å². The number of unbranched alkanes of at least 4 members (excludes halogenated alkanes) is 5. The van der Waals surface area contributed by atoms with E-state index in [2.05, 4.69) is 12.2 Å². The third-order valence-electron chi connectivity index (χ3n) is 3.33. The summed E-state index contributed by atoms with van der Waals surface area (Å²) >= 11 is 0. The van der Waals surface area contributed by atoms with E-state index in [1.54, 1.807) is 0 Å². The first-order chi connectivity index (χ1) is 10.1. The monoisotopic (exact) mass is 300 g/mol. The first-order valence-electron chi connectivity index (χ1n) is 7.36. The van der Waals surface area contributed by atoms with Crippen molar-refractivity contribution in [1.82, 2.24) is 0 Å². The standard InChI is InChI=1S/C15H22F2N2O2/c1-2-3-4-5-6-7-10-18-14-9-8-12(19(20)21)11-13(14)15(16)17/h8-9,11,15,18H,2-7,10H2,1H3. The van der Waals surface area contributed by atoms with Gasteiger partial charge in [-0.3, -0.25) is 10.1 Å². The number of anilines is 1. The Hall–Kier alpha value is -1.72.